The molecule has 3 aromatic carbocycles. The number of hydrogen-bond donors (Lipinski definition) is 2. The molecule has 2 aromatic heterocycles. The Kier molecular flexibility index (Phi) is 5.77. The summed E-state index contributed by atoms with van der Waals surface area (Å²) in [4.78, 5) is 16.1. The van der Waals surface area contributed by atoms with Crippen LogP contribution in [0.4, 0.5) is 8.78 Å². The standard InChI is InChI=1S/C28H21F2N3O4/c29-18-3-1-15(2-4-18)25-21-11-17-14-31-33-23(17)13-24(21)32-27(26(25)16-7-9-36-10-8-16)37-19-5-6-20(28(34)35)22(30)12-19/h1-6,11-14,16H,7-10H2,(H,31,33)(H,34,35). The lowest BCUT2D eigenvalue weighted by Crippen LogP contribution is -2.16. The molecular formula is C28H21F2N3O4. The Morgan fingerprint density at radius 1 is 1.05 bits per heavy atom. The van der Waals surface area contributed by atoms with Gasteiger partial charge in [0.15, 0.2) is 0 Å². The predicted molar refractivity (Wildman–Crippen MR) is 133 cm³/mol. The molecule has 0 bridgehead atoms. The van der Waals surface area contributed by atoms with Crippen LogP contribution < -0.4 is 4.74 Å². The van der Waals surface area contributed by atoms with Gasteiger partial charge in [-0.1, -0.05) is 12.1 Å². The zero-order valence-corrected chi connectivity index (χ0v) is 19.5. The van der Waals surface area contributed by atoms with E-state index in [0.29, 0.717) is 18.7 Å². The van der Waals surface area contributed by atoms with Gasteiger partial charge in [0, 0.05) is 35.6 Å². The van der Waals surface area contributed by atoms with Gasteiger partial charge < -0.3 is 14.6 Å². The first-order chi connectivity index (χ1) is 18.0. The number of benzene rings is 3. The normalized spacial score (nSPS) is 14.3. The van der Waals surface area contributed by atoms with Gasteiger partial charge in [0.25, 0.3) is 0 Å². The number of carboxylic acid groups (broad SMARTS) is 1. The lowest BCUT2D eigenvalue weighted by atomic mass is 9.84. The third kappa shape index (κ3) is 4.27. The Morgan fingerprint density at radius 2 is 1.84 bits per heavy atom. The molecule has 3 heterocycles. The van der Waals surface area contributed by atoms with E-state index in [1.54, 1.807) is 18.3 Å². The van der Waals surface area contributed by atoms with Crippen molar-refractivity contribution in [2.45, 2.75) is 18.8 Å². The van der Waals surface area contributed by atoms with Crippen molar-refractivity contribution in [2.24, 2.45) is 0 Å². The van der Waals surface area contributed by atoms with E-state index < -0.39 is 17.3 Å². The van der Waals surface area contributed by atoms with Crippen LogP contribution in [0, 0.1) is 11.6 Å². The fraction of sp³-hybridized carbons (Fsp3) is 0.179. The second-order valence-corrected chi connectivity index (χ2v) is 8.97. The molecule has 0 amide bonds. The average Bonchev–Trinajstić information content (AvgIpc) is 3.35. The second-order valence-electron chi connectivity index (χ2n) is 8.97. The summed E-state index contributed by atoms with van der Waals surface area (Å²) in [5, 5.41) is 18.0. The van der Waals surface area contributed by atoms with Crippen molar-refractivity contribution in [1.82, 2.24) is 15.2 Å². The topological polar surface area (TPSA) is 97.3 Å². The van der Waals surface area contributed by atoms with Gasteiger partial charge in [0.05, 0.1) is 22.8 Å². The highest BCUT2D eigenvalue weighted by molar-refractivity contribution is 6.04. The molecule has 9 heteroatoms. The van der Waals surface area contributed by atoms with Gasteiger partial charge in [-0.15, -0.1) is 0 Å². The van der Waals surface area contributed by atoms with Gasteiger partial charge in [-0.2, -0.15) is 5.10 Å². The molecule has 0 unspecified atom stereocenters. The van der Waals surface area contributed by atoms with E-state index in [9.17, 15) is 18.7 Å². The smallest absolute Gasteiger partial charge is 0.338 e. The Bertz CT molecular complexity index is 1640. The number of nitrogens with zero attached hydrogens (tertiary/aromatic N) is 2. The highest BCUT2D eigenvalue weighted by Crippen LogP contribution is 2.45. The summed E-state index contributed by atoms with van der Waals surface area (Å²) < 4.78 is 40.2. The third-order valence-electron chi connectivity index (χ3n) is 6.70. The second kappa shape index (κ2) is 9.25. The zero-order chi connectivity index (χ0) is 25.5. The summed E-state index contributed by atoms with van der Waals surface area (Å²) in [6.45, 7) is 1.13. The van der Waals surface area contributed by atoms with Crippen LogP contribution in [0.5, 0.6) is 11.6 Å². The number of hydrogen-bond acceptors (Lipinski definition) is 5. The SMILES string of the molecule is O=C(O)c1ccc(Oc2nc3cc4[nH]ncc4cc3c(-c3ccc(F)cc3)c2C2CCOCC2)cc1F. The Labute approximate surface area is 209 Å². The lowest BCUT2D eigenvalue weighted by Gasteiger charge is -2.27. The summed E-state index contributed by atoms with van der Waals surface area (Å²) in [7, 11) is 0. The number of H-pyrrole nitrogens is 1. The van der Waals surface area contributed by atoms with Crippen molar-refractivity contribution < 1.29 is 28.2 Å². The molecule has 0 radical (unpaired) electrons. The van der Waals surface area contributed by atoms with Crippen LogP contribution in [0.15, 0.2) is 60.8 Å². The van der Waals surface area contributed by atoms with Crippen molar-refractivity contribution in [2.75, 3.05) is 13.2 Å². The summed E-state index contributed by atoms with van der Waals surface area (Å²) >= 11 is 0. The van der Waals surface area contributed by atoms with E-state index in [0.717, 1.165) is 58.0 Å². The Hall–Kier alpha value is -4.37. The van der Waals surface area contributed by atoms with Crippen molar-refractivity contribution in [1.29, 1.82) is 0 Å². The molecule has 0 saturated carbocycles. The number of rotatable bonds is 5. The van der Waals surface area contributed by atoms with Crippen molar-refractivity contribution in [3.05, 3.63) is 83.6 Å². The first-order valence-electron chi connectivity index (χ1n) is 11.8. The molecule has 7 nitrogen and oxygen atoms in total. The molecule has 2 N–H and O–H groups in total. The summed E-state index contributed by atoms with van der Waals surface area (Å²) in [6, 6.07) is 13.7. The van der Waals surface area contributed by atoms with Crippen molar-refractivity contribution in [3.63, 3.8) is 0 Å². The maximum Gasteiger partial charge on any atom is 0.338 e. The van der Waals surface area contributed by atoms with E-state index in [2.05, 4.69) is 10.2 Å². The quantitative estimate of drug-likeness (QED) is 0.288. The van der Waals surface area contributed by atoms with Crippen LogP contribution in [0.1, 0.15) is 34.7 Å². The van der Waals surface area contributed by atoms with Crippen molar-refractivity contribution >= 4 is 27.8 Å². The molecule has 0 spiro atoms. The number of pyridine rings is 1. The van der Waals surface area contributed by atoms with E-state index in [4.69, 9.17) is 14.5 Å². The number of ether oxygens (including phenoxy) is 2. The number of fused-ring (bicyclic) bond motifs is 2. The molecule has 5 aromatic rings. The molecule has 1 aliphatic heterocycles. The Morgan fingerprint density at radius 3 is 2.57 bits per heavy atom. The van der Waals surface area contributed by atoms with Gasteiger partial charge in [0.2, 0.25) is 5.88 Å². The maximum atomic E-state index is 14.5. The molecule has 0 atom stereocenters. The molecule has 0 aliphatic carbocycles. The molecular weight excluding hydrogens is 480 g/mol. The summed E-state index contributed by atoms with van der Waals surface area (Å²) in [5.41, 5.74) is 3.40. The molecule has 1 aliphatic rings. The average molecular weight is 501 g/mol. The fourth-order valence-corrected chi connectivity index (χ4v) is 4.91. The summed E-state index contributed by atoms with van der Waals surface area (Å²) in [5.74, 6) is -2.20. The van der Waals surface area contributed by atoms with Crippen molar-refractivity contribution in [3.8, 4) is 22.8 Å². The highest BCUT2D eigenvalue weighted by atomic mass is 19.1. The highest BCUT2D eigenvalue weighted by Gasteiger charge is 2.28. The van der Waals surface area contributed by atoms with E-state index in [-0.39, 0.29) is 23.4 Å². The fourth-order valence-electron chi connectivity index (χ4n) is 4.91. The number of halogens is 2. The minimum Gasteiger partial charge on any atom is -0.478 e. The van der Waals surface area contributed by atoms with Crippen LogP contribution in [0.3, 0.4) is 0 Å². The van der Waals surface area contributed by atoms with Gasteiger partial charge in [-0.05, 0) is 66.3 Å². The van der Waals surface area contributed by atoms with Gasteiger partial charge in [-0.25, -0.2) is 18.6 Å². The first-order valence-corrected chi connectivity index (χ1v) is 11.8. The number of carbonyl (C=O) groups is 1. The number of carboxylic acids is 1. The van der Waals surface area contributed by atoms with Crippen LogP contribution >= 0.6 is 0 Å². The first kappa shape index (κ1) is 23.1. The molecule has 1 fully saturated rings. The monoisotopic (exact) mass is 501 g/mol. The summed E-state index contributed by atoms with van der Waals surface area (Å²) in [6.07, 6.45) is 3.17. The van der Waals surface area contributed by atoms with E-state index in [1.165, 1.54) is 18.2 Å². The van der Waals surface area contributed by atoms with Gasteiger partial charge >= 0.3 is 5.97 Å². The van der Waals surface area contributed by atoms with Crippen LogP contribution in [0.25, 0.3) is 32.9 Å². The largest absolute Gasteiger partial charge is 0.478 e. The van der Waals surface area contributed by atoms with Crippen LogP contribution in [-0.4, -0.2) is 39.5 Å². The third-order valence-corrected chi connectivity index (χ3v) is 6.70. The number of aromatic nitrogens is 3. The zero-order valence-electron chi connectivity index (χ0n) is 19.5. The van der Waals surface area contributed by atoms with Crippen LogP contribution in [0.2, 0.25) is 0 Å². The predicted octanol–water partition coefficient (Wildman–Crippen LogP) is 6.44. The lowest BCUT2D eigenvalue weighted by molar-refractivity contribution is 0.0692. The Balaban J connectivity index is 1.62. The molecule has 186 valence electrons. The molecule has 6 rings (SSSR count). The number of nitrogens with one attached hydrogen (secondary N) is 1. The minimum absolute atomic E-state index is 0.0175. The molecule has 37 heavy (non-hydrogen) atoms. The van der Waals surface area contributed by atoms with Crippen LogP contribution in [-0.2, 0) is 4.74 Å². The van der Waals surface area contributed by atoms with E-state index >= 15 is 0 Å². The maximum absolute atomic E-state index is 14.5. The number of aromatic carboxylic acids is 1. The van der Waals surface area contributed by atoms with Gasteiger partial charge in [-0.3, -0.25) is 5.10 Å². The van der Waals surface area contributed by atoms with Gasteiger partial charge in [0.1, 0.15) is 17.4 Å². The van der Waals surface area contributed by atoms with E-state index in [1.807, 2.05) is 12.1 Å². The number of aromatic amines is 1. The minimum atomic E-state index is -1.36. The molecule has 1 saturated heterocycles.